The molecule has 0 saturated carbocycles. The van der Waals surface area contributed by atoms with Crippen LogP contribution < -0.4 is 15.7 Å². The van der Waals surface area contributed by atoms with Gasteiger partial charge >= 0.3 is 6.85 Å². The molecule has 0 atom stereocenters. The zero-order chi connectivity index (χ0) is 33.9. The van der Waals surface area contributed by atoms with Crippen molar-refractivity contribution in [3.8, 4) is 44.5 Å². The van der Waals surface area contributed by atoms with Crippen molar-refractivity contribution in [1.29, 1.82) is 0 Å². The van der Waals surface area contributed by atoms with Crippen molar-refractivity contribution in [2.45, 2.75) is 0 Å². The molecule has 1 nitrogen and oxygen atoms in total. The van der Waals surface area contributed by atoms with Gasteiger partial charge in [-0.1, -0.05) is 133 Å². The Balaban J connectivity index is 1.08. The first-order chi connectivity index (χ1) is 25.8. The summed E-state index contributed by atoms with van der Waals surface area (Å²) < 4.78 is 5.37. The molecule has 0 radical (unpaired) electrons. The number of anilines is 2. The third-order valence-corrected chi connectivity index (χ3v) is 13.7. The molecule has 240 valence electrons. The third-order valence-electron chi connectivity index (χ3n) is 11.3. The minimum atomic E-state index is 0.0844. The van der Waals surface area contributed by atoms with E-state index in [2.05, 4.69) is 175 Å². The second kappa shape index (κ2) is 10.8. The smallest absolute Gasteiger partial charge is 0.329 e. The number of hydrogen-bond donors (Lipinski definition) is 0. The normalized spacial score (nSPS) is 12.9. The quantitative estimate of drug-likeness (QED) is 0.163. The van der Waals surface area contributed by atoms with Gasteiger partial charge in [-0.2, -0.15) is 0 Å². The summed E-state index contributed by atoms with van der Waals surface area (Å²) in [5, 5.41) is 5.34. The van der Waals surface area contributed by atoms with Gasteiger partial charge in [-0.3, -0.25) is 0 Å². The summed E-state index contributed by atoms with van der Waals surface area (Å²) in [6.07, 6.45) is 0. The van der Waals surface area contributed by atoms with E-state index in [9.17, 15) is 0 Å². The van der Waals surface area contributed by atoms with Crippen molar-refractivity contribution in [2.24, 2.45) is 0 Å². The zero-order valence-electron chi connectivity index (χ0n) is 28.0. The molecule has 0 fully saturated rings. The molecule has 0 N–H and O–H groups in total. The van der Waals surface area contributed by atoms with Gasteiger partial charge in [0.2, 0.25) is 0 Å². The van der Waals surface area contributed by atoms with E-state index in [4.69, 9.17) is 0 Å². The van der Waals surface area contributed by atoms with Gasteiger partial charge in [0.25, 0.3) is 0 Å². The molecular weight excluding hydrogens is 665 g/mol. The fourth-order valence-electron chi connectivity index (χ4n) is 9.02. The Kier molecular flexibility index (Phi) is 5.96. The molecule has 4 heteroatoms. The molecule has 12 rings (SSSR count). The first-order valence-electron chi connectivity index (χ1n) is 17.9. The van der Waals surface area contributed by atoms with E-state index in [-0.39, 0.29) is 6.85 Å². The zero-order valence-corrected chi connectivity index (χ0v) is 29.6. The lowest BCUT2D eigenvalue weighted by Gasteiger charge is -2.43. The number of hydrogen-bond acceptors (Lipinski definition) is 3. The summed E-state index contributed by atoms with van der Waals surface area (Å²) in [5.74, 6) is 0. The molecule has 8 aromatic carbocycles. The fraction of sp³-hybridized carbons (Fsp3) is 0. The van der Waals surface area contributed by atoms with Crippen molar-refractivity contribution in [2.75, 3.05) is 4.81 Å². The van der Waals surface area contributed by atoms with E-state index < -0.39 is 0 Å². The number of benzene rings is 8. The predicted octanol–water partition coefficient (Wildman–Crippen LogP) is 12.7. The van der Waals surface area contributed by atoms with Crippen LogP contribution in [0.15, 0.2) is 170 Å². The van der Waals surface area contributed by atoms with Crippen LogP contribution in [0.4, 0.5) is 11.4 Å². The van der Waals surface area contributed by atoms with Crippen LogP contribution in [-0.4, -0.2) is 6.85 Å². The average Bonchev–Trinajstić information content (AvgIpc) is 3.79. The van der Waals surface area contributed by atoms with E-state index in [1.807, 2.05) is 22.7 Å². The van der Waals surface area contributed by atoms with Crippen LogP contribution in [0.5, 0.6) is 0 Å². The maximum Gasteiger partial charge on any atom is 0.329 e. The first kappa shape index (κ1) is 28.7. The van der Waals surface area contributed by atoms with Gasteiger partial charge in [-0.25, -0.2) is 0 Å². The molecule has 52 heavy (non-hydrogen) atoms. The summed E-state index contributed by atoms with van der Waals surface area (Å²) in [7, 11) is 0. The van der Waals surface area contributed by atoms with E-state index in [0.717, 1.165) is 0 Å². The van der Waals surface area contributed by atoms with E-state index >= 15 is 0 Å². The van der Waals surface area contributed by atoms with Gasteiger partial charge in [0.15, 0.2) is 0 Å². The van der Waals surface area contributed by atoms with Crippen LogP contribution in [0.25, 0.3) is 84.9 Å². The molecule has 0 spiro atoms. The Bertz CT molecular complexity index is 2910. The number of nitrogens with zero attached hydrogens (tertiary/aromatic N) is 1. The van der Waals surface area contributed by atoms with E-state index in [1.165, 1.54) is 107 Å². The number of fused-ring (bicyclic) bond motifs is 17. The van der Waals surface area contributed by atoms with Gasteiger partial charge in [-0.15, -0.1) is 22.7 Å². The third kappa shape index (κ3) is 3.94. The van der Waals surface area contributed by atoms with Crippen molar-refractivity contribution >= 4 is 92.2 Å². The van der Waals surface area contributed by atoms with Crippen LogP contribution in [0.1, 0.15) is 0 Å². The Hall–Kier alpha value is -5.94. The predicted molar refractivity (Wildman–Crippen MR) is 228 cm³/mol. The first-order valence-corrected chi connectivity index (χ1v) is 19.5. The molecule has 0 aliphatic carbocycles. The standard InChI is InChI=1S/C48H28BNS2/c1-5-19-41-33(11-1)39-27-29(31-15-9-17-37-35-13-3-7-21-45(35)51-47(31)37)23-25-43(39)50-44-26-24-30(28-40(44)34-12-2-6-20-42(34)49(41)50)32-16-10-18-38-36-14-4-8-22-46(36)52-48(32)38/h1-28H. The number of thiophene rings is 2. The van der Waals surface area contributed by atoms with Gasteiger partial charge in [-0.05, 0) is 80.7 Å². The van der Waals surface area contributed by atoms with Crippen LogP contribution in [0.2, 0.25) is 0 Å². The molecule has 10 aromatic rings. The van der Waals surface area contributed by atoms with Crippen LogP contribution in [0.3, 0.4) is 0 Å². The Labute approximate surface area is 309 Å². The summed E-state index contributed by atoms with van der Waals surface area (Å²) in [5.41, 5.74) is 15.5. The highest BCUT2D eigenvalue weighted by Crippen LogP contribution is 2.49. The van der Waals surface area contributed by atoms with Crippen molar-refractivity contribution in [1.82, 2.24) is 0 Å². The van der Waals surface area contributed by atoms with Crippen LogP contribution >= 0.6 is 22.7 Å². The molecule has 2 aliphatic rings. The Morgan fingerprint density at radius 2 is 0.769 bits per heavy atom. The highest BCUT2D eigenvalue weighted by molar-refractivity contribution is 7.26. The maximum absolute atomic E-state index is 2.61. The van der Waals surface area contributed by atoms with Gasteiger partial charge in [0.1, 0.15) is 0 Å². The van der Waals surface area contributed by atoms with Crippen molar-refractivity contribution < 1.29 is 0 Å². The monoisotopic (exact) mass is 693 g/mol. The van der Waals surface area contributed by atoms with Crippen LogP contribution in [-0.2, 0) is 0 Å². The van der Waals surface area contributed by atoms with E-state index in [1.54, 1.807) is 0 Å². The maximum atomic E-state index is 2.61. The summed E-state index contributed by atoms with van der Waals surface area (Å²) in [6, 6.07) is 63.6. The summed E-state index contributed by atoms with van der Waals surface area (Å²) in [6.45, 7) is 0.0844. The molecule has 0 saturated heterocycles. The lowest BCUT2D eigenvalue weighted by Crippen LogP contribution is -2.59. The lowest BCUT2D eigenvalue weighted by atomic mass is 9.43. The summed E-state index contributed by atoms with van der Waals surface area (Å²) in [4.78, 5) is 2.61. The molecule has 2 aliphatic heterocycles. The van der Waals surface area contributed by atoms with Gasteiger partial charge in [0.05, 0.1) is 0 Å². The number of rotatable bonds is 2. The van der Waals surface area contributed by atoms with Crippen molar-refractivity contribution in [3.63, 3.8) is 0 Å². The molecule has 0 unspecified atom stereocenters. The minimum Gasteiger partial charge on any atom is -0.376 e. The molecular formula is C48H28BNS2. The largest absolute Gasteiger partial charge is 0.376 e. The highest BCUT2D eigenvalue weighted by atomic mass is 32.1. The van der Waals surface area contributed by atoms with Gasteiger partial charge in [0, 0.05) is 62.8 Å². The van der Waals surface area contributed by atoms with Crippen molar-refractivity contribution in [3.05, 3.63) is 170 Å². The lowest BCUT2D eigenvalue weighted by molar-refractivity contribution is 1.35. The highest BCUT2D eigenvalue weighted by Gasteiger charge is 2.42. The second-order valence-corrected chi connectivity index (χ2v) is 16.1. The molecule has 0 bridgehead atoms. The van der Waals surface area contributed by atoms with Crippen LogP contribution in [0, 0.1) is 0 Å². The minimum absolute atomic E-state index is 0.0844. The molecule has 2 aromatic heterocycles. The average molecular weight is 694 g/mol. The SMILES string of the molecule is c1ccc2c(c1)B1c3ccccc3-c3cc(-c4cccc5c4sc4ccccc45)ccc3N1c1ccc(-c3cccc4c3sc3ccccc34)cc1-2. The topological polar surface area (TPSA) is 3.24 Å². The van der Waals surface area contributed by atoms with E-state index in [0.29, 0.717) is 0 Å². The molecule has 4 heterocycles. The fourth-order valence-corrected chi connectivity index (χ4v) is 11.5. The second-order valence-electron chi connectivity index (χ2n) is 14.0. The molecule has 0 amide bonds. The Morgan fingerprint density at radius 3 is 1.29 bits per heavy atom. The van der Waals surface area contributed by atoms with Gasteiger partial charge < -0.3 is 4.81 Å². The Morgan fingerprint density at radius 1 is 0.346 bits per heavy atom. The summed E-state index contributed by atoms with van der Waals surface area (Å²) >= 11 is 3.80.